The van der Waals surface area contributed by atoms with Gasteiger partial charge in [-0.05, 0) is 24.7 Å². The summed E-state index contributed by atoms with van der Waals surface area (Å²) in [6.07, 6.45) is -2.17. The zero-order valence-electron chi connectivity index (χ0n) is 9.17. The van der Waals surface area contributed by atoms with Crippen LogP contribution in [0.5, 0.6) is 0 Å². The van der Waals surface area contributed by atoms with Gasteiger partial charge in [-0.2, -0.15) is 8.42 Å². The summed E-state index contributed by atoms with van der Waals surface area (Å²) < 4.78 is 33.7. The van der Waals surface area contributed by atoms with Crippen LogP contribution in [-0.2, 0) is 10.2 Å². The molecule has 1 aromatic rings. The molecule has 1 rings (SSSR count). The first-order chi connectivity index (χ1) is 7.86. The summed E-state index contributed by atoms with van der Waals surface area (Å²) in [5.41, 5.74) is 0.320. The van der Waals surface area contributed by atoms with Crippen molar-refractivity contribution < 1.29 is 22.5 Å². The van der Waals surface area contributed by atoms with Gasteiger partial charge < -0.3 is 15.5 Å². The van der Waals surface area contributed by atoms with Gasteiger partial charge in [0.1, 0.15) is 6.10 Å². The number of likely N-dealkylation sites (N-methyl/N-ethyl adjacent to an activating group) is 1. The molecule has 5 nitrogen and oxygen atoms in total. The number of nitrogens with one attached hydrogen (secondary N) is 1. The van der Waals surface area contributed by atoms with Crippen molar-refractivity contribution in [3.63, 3.8) is 0 Å². The van der Waals surface area contributed by atoms with Crippen molar-refractivity contribution in [2.45, 2.75) is 17.1 Å². The van der Waals surface area contributed by atoms with Crippen LogP contribution in [-0.4, -0.2) is 38.3 Å². The number of hydrogen-bond donors (Lipinski definition) is 3. The first-order valence-electron chi connectivity index (χ1n) is 4.91. The van der Waals surface area contributed by atoms with Gasteiger partial charge in [-0.25, -0.2) is 0 Å². The Morgan fingerprint density at radius 3 is 2.24 bits per heavy atom. The zero-order valence-corrected chi connectivity index (χ0v) is 9.98. The maximum absolute atomic E-state index is 12.6. The number of aliphatic hydroxyl groups excluding tert-OH is 2. The standard InChI is InChI=1S/C10H14FNO4S/c1-12-6-9(13)10(14)7-2-4-8(5-3-7)17(11,15)16/h2-5,9-10,12-14H,6H2,1H3. The minimum atomic E-state index is -4.73. The molecule has 2 unspecified atom stereocenters. The molecule has 96 valence electrons. The Bertz CT molecular complexity index is 460. The fraction of sp³-hybridized carbons (Fsp3) is 0.400. The monoisotopic (exact) mass is 263 g/mol. The number of benzene rings is 1. The van der Waals surface area contributed by atoms with E-state index >= 15 is 0 Å². The Morgan fingerprint density at radius 2 is 1.82 bits per heavy atom. The van der Waals surface area contributed by atoms with E-state index in [1.54, 1.807) is 7.05 Å². The van der Waals surface area contributed by atoms with Crippen LogP contribution in [0.4, 0.5) is 3.89 Å². The highest BCUT2D eigenvalue weighted by Crippen LogP contribution is 2.20. The third-order valence-electron chi connectivity index (χ3n) is 2.28. The Balaban J connectivity index is 2.88. The lowest BCUT2D eigenvalue weighted by Gasteiger charge is -2.17. The van der Waals surface area contributed by atoms with Gasteiger partial charge in [0.2, 0.25) is 0 Å². The summed E-state index contributed by atoms with van der Waals surface area (Å²) in [6.45, 7) is 0.185. The van der Waals surface area contributed by atoms with Crippen molar-refractivity contribution in [3.8, 4) is 0 Å². The Labute approximate surface area is 99.1 Å². The average molecular weight is 263 g/mol. The normalized spacial score (nSPS) is 15.5. The minimum absolute atomic E-state index is 0.185. The van der Waals surface area contributed by atoms with Crippen molar-refractivity contribution in [1.29, 1.82) is 0 Å². The van der Waals surface area contributed by atoms with Gasteiger partial charge in [-0.1, -0.05) is 12.1 Å². The van der Waals surface area contributed by atoms with Crippen LogP contribution in [0.15, 0.2) is 29.2 Å². The number of hydrogen-bond acceptors (Lipinski definition) is 5. The molecule has 0 bridgehead atoms. The van der Waals surface area contributed by atoms with Gasteiger partial charge in [0.15, 0.2) is 0 Å². The SMILES string of the molecule is CNCC(O)C(O)c1ccc(S(=O)(=O)F)cc1. The van der Waals surface area contributed by atoms with Crippen molar-refractivity contribution >= 4 is 10.2 Å². The van der Waals surface area contributed by atoms with Crippen molar-refractivity contribution in [2.75, 3.05) is 13.6 Å². The second-order valence-corrected chi connectivity index (χ2v) is 4.92. The summed E-state index contributed by atoms with van der Waals surface area (Å²) in [4.78, 5) is -0.475. The summed E-state index contributed by atoms with van der Waals surface area (Å²) in [5.74, 6) is 0. The van der Waals surface area contributed by atoms with E-state index in [1.165, 1.54) is 12.1 Å². The fourth-order valence-corrected chi connectivity index (χ4v) is 1.83. The number of rotatable bonds is 5. The molecule has 0 aliphatic rings. The topological polar surface area (TPSA) is 86.6 Å². The molecule has 0 aliphatic carbocycles. The van der Waals surface area contributed by atoms with E-state index in [4.69, 9.17) is 0 Å². The molecule has 0 saturated heterocycles. The summed E-state index contributed by atoms with van der Waals surface area (Å²) in [6, 6.07) is 4.60. The molecule has 2 atom stereocenters. The first-order valence-corrected chi connectivity index (χ1v) is 6.30. The third-order valence-corrected chi connectivity index (χ3v) is 3.12. The van der Waals surface area contributed by atoms with Gasteiger partial charge >= 0.3 is 10.2 Å². The molecular formula is C10H14FNO4S. The first kappa shape index (κ1) is 14.0. The molecule has 0 saturated carbocycles. The maximum Gasteiger partial charge on any atom is 0.332 e. The molecule has 3 N–H and O–H groups in total. The summed E-state index contributed by atoms with van der Waals surface area (Å²) in [7, 11) is -3.11. The van der Waals surface area contributed by atoms with Crippen LogP contribution in [0.25, 0.3) is 0 Å². The predicted octanol–water partition coefficient (Wildman–Crippen LogP) is -0.0415. The molecule has 0 amide bonds. The molecule has 0 fully saturated rings. The third kappa shape index (κ3) is 3.74. The smallest absolute Gasteiger partial charge is 0.332 e. The second-order valence-electron chi connectivity index (χ2n) is 3.58. The van der Waals surface area contributed by atoms with E-state index in [0.29, 0.717) is 5.56 Å². The summed E-state index contributed by atoms with van der Waals surface area (Å²) >= 11 is 0. The van der Waals surface area contributed by atoms with E-state index in [2.05, 4.69) is 5.32 Å². The van der Waals surface area contributed by atoms with E-state index in [1.807, 2.05) is 0 Å². The largest absolute Gasteiger partial charge is 0.389 e. The molecule has 0 heterocycles. The minimum Gasteiger partial charge on any atom is -0.389 e. The molecule has 1 aromatic carbocycles. The van der Waals surface area contributed by atoms with Gasteiger partial charge in [0.25, 0.3) is 0 Å². The Kier molecular flexibility index (Phi) is 4.58. The lowest BCUT2D eigenvalue weighted by molar-refractivity contribution is 0.0202. The van der Waals surface area contributed by atoms with Crippen molar-refractivity contribution in [2.24, 2.45) is 0 Å². The molecule has 0 radical (unpaired) electrons. The Hall–Kier alpha value is -1.02. The molecule has 0 spiro atoms. The average Bonchev–Trinajstić information content (AvgIpc) is 2.27. The Morgan fingerprint density at radius 1 is 1.29 bits per heavy atom. The quantitative estimate of drug-likeness (QED) is 0.649. The lowest BCUT2D eigenvalue weighted by atomic mass is 10.0. The lowest BCUT2D eigenvalue weighted by Crippen LogP contribution is -2.29. The van der Waals surface area contributed by atoms with Gasteiger partial charge in [0, 0.05) is 6.54 Å². The van der Waals surface area contributed by atoms with Crippen LogP contribution in [0, 0.1) is 0 Å². The van der Waals surface area contributed by atoms with Crippen molar-refractivity contribution in [1.82, 2.24) is 5.32 Å². The molecule has 0 aromatic heterocycles. The van der Waals surface area contributed by atoms with Gasteiger partial charge in [0.05, 0.1) is 11.0 Å². The molecule has 7 heteroatoms. The van der Waals surface area contributed by atoms with E-state index < -0.39 is 27.3 Å². The zero-order chi connectivity index (χ0) is 13.1. The predicted molar refractivity (Wildman–Crippen MR) is 59.6 cm³/mol. The van der Waals surface area contributed by atoms with E-state index in [9.17, 15) is 22.5 Å². The van der Waals surface area contributed by atoms with Crippen LogP contribution < -0.4 is 5.32 Å². The molecule has 0 aliphatic heterocycles. The van der Waals surface area contributed by atoms with Crippen LogP contribution in [0.3, 0.4) is 0 Å². The molecular weight excluding hydrogens is 249 g/mol. The van der Waals surface area contributed by atoms with E-state index in [-0.39, 0.29) is 6.54 Å². The highest BCUT2D eigenvalue weighted by atomic mass is 32.3. The van der Waals surface area contributed by atoms with Crippen molar-refractivity contribution in [3.05, 3.63) is 29.8 Å². The fourth-order valence-electron chi connectivity index (χ4n) is 1.37. The number of aliphatic hydroxyl groups is 2. The van der Waals surface area contributed by atoms with Crippen LogP contribution >= 0.6 is 0 Å². The maximum atomic E-state index is 12.6. The highest BCUT2D eigenvalue weighted by Gasteiger charge is 2.18. The highest BCUT2D eigenvalue weighted by molar-refractivity contribution is 7.86. The molecule has 17 heavy (non-hydrogen) atoms. The van der Waals surface area contributed by atoms with Gasteiger partial charge in [-0.3, -0.25) is 0 Å². The van der Waals surface area contributed by atoms with Crippen LogP contribution in [0.1, 0.15) is 11.7 Å². The van der Waals surface area contributed by atoms with E-state index in [0.717, 1.165) is 12.1 Å². The van der Waals surface area contributed by atoms with Gasteiger partial charge in [-0.15, -0.1) is 3.89 Å². The summed E-state index contributed by atoms with van der Waals surface area (Å²) in [5, 5.41) is 21.9. The number of halogens is 1. The van der Waals surface area contributed by atoms with Crippen LogP contribution in [0.2, 0.25) is 0 Å². The second kappa shape index (κ2) is 5.54.